The van der Waals surface area contributed by atoms with E-state index in [1.807, 2.05) is 48.5 Å². The summed E-state index contributed by atoms with van der Waals surface area (Å²) in [5, 5.41) is 9.14. The van der Waals surface area contributed by atoms with E-state index < -0.39 is 0 Å². The molecule has 0 aliphatic carbocycles. The first-order chi connectivity index (χ1) is 16.3. The van der Waals surface area contributed by atoms with E-state index in [0.29, 0.717) is 15.8 Å². The highest BCUT2D eigenvalue weighted by Gasteiger charge is 2.34. The number of carbonyl (C=O) groups excluding carboxylic acids is 1. The minimum absolute atomic E-state index is 0.0930. The van der Waals surface area contributed by atoms with E-state index in [1.54, 1.807) is 30.6 Å². The molecule has 0 radical (unpaired) electrons. The number of ether oxygens (including phenoxy) is 1. The lowest BCUT2D eigenvalue weighted by molar-refractivity contribution is -0.122. The van der Waals surface area contributed by atoms with E-state index >= 15 is 0 Å². The predicted molar refractivity (Wildman–Crippen MR) is 138 cm³/mol. The summed E-state index contributed by atoms with van der Waals surface area (Å²) in [5.74, 6) is 1.30. The second-order valence-electron chi connectivity index (χ2n) is 8.85. The van der Waals surface area contributed by atoms with Crippen molar-refractivity contribution in [1.82, 2.24) is 4.90 Å². The molecule has 7 heteroatoms. The molecular weight excluding hydrogens is 446 g/mol. The first-order valence-corrected chi connectivity index (χ1v) is 11.7. The summed E-state index contributed by atoms with van der Waals surface area (Å²) < 4.78 is 10.7. The van der Waals surface area contributed by atoms with E-state index in [-0.39, 0.29) is 17.9 Å². The van der Waals surface area contributed by atoms with Crippen molar-refractivity contribution in [2.24, 2.45) is 10.2 Å². The SMILES string of the molecule is COc1ccc(/C=C2\S/C(=N/N=C\c3ccc(C(C)(C)C)cc3)N(Cc3ccco3)C2=O)cc1. The van der Waals surface area contributed by atoms with E-state index in [2.05, 4.69) is 43.1 Å². The maximum absolute atomic E-state index is 13.2. The molecule has 1 amide bonds. The van der Waals surface area contributed by atoms with Crippen molar-refractivity contribution in [2.75, 3.05) is 7.11 Å². The molecule has 2 aromatic carbocycles. The third kappa shape index (κ3) is 5.66. The fraction of sp³-hybridized carbons (Fsp3) is 0.222. The number of hydrogen-bond donors (Lipinski definition) is 0. The van der Waals surface area contributed by atoms with E-state index in [4.69, 9.17) is 9.15 Å². The Labute approximate surface area is 204 Å². The Balaban J connectivity index is 1.57. The van der Waals surface area contributed by atoms with Crippen LogP contribution in [0.15, 0.2) is 86.5 Å². The molecule has 0 unspecified atom stereocenters. The lowest BCUT2D eigenvalue weighted by atomic mass is 9.87. The van der Waals surface area contributed by atoms with Crippen LogP contribution in [-0.2, 0) is 16.8 Å². The van der Waals surface area contributed by atoms with Gasteiger partial charge in [-0.15, -0.1) is 5.10 Å². The summed E-state index contributed by atoms with van der Waals surface area (Å²) >= 11 is 1.30. The summed E-state index contributed by atoms with van der Waals surface area (Å²) in [5.41, 5.74) is 3.19. The fourth-order valence-corrected chi connectivity index (χ4v) is 4.28. The van der Waals surface area contributed by atoms with Gasteiger partial charge in [0.1, 0.15) is 11.5 Å². The van der Waals surface area contributed by atoms with Gasteiger partial charge in [0.15, 0.2) is 5.17 Å². The Hall–Kier alpha value is -3.58. The van der Waals surface area contributed by atoms with Crippen molar-refractivity contribution in [3.63, 3.8) is 0 Å². The number of furan rings is 1. The van der Waals surface area contributed by atoms with Gasteiger partial charge in [0.05, 0.1) is 31.0 Å². The summed E-state index contributed by atoms with van der Waals surface area (Å²) in [4.78, 5) is 15.3. The number of amidine groups is 1. The van der Waals surface area contributed by atoms with Gasteiger partial charge in [0.25, 0.3) is 5.91 Å². The monoisotopic (exact) mass is 473 g/mol. The van der Waals surface area contributed by atoms with Crippen LogP contribution >= 0.6 is 11.8 Å². The van der Waals surface area contributed by atoms with Gasteiger partial charge in [-0.2, -0.15) is 5.10 Å². The first kappa shape index (κ1) is 23.6. The van der Waals surface area contributed by atoms with Crippen molar-refractivity contribution < 1.29 is 13.9 Å². The smallest absolute Gasteiger partial charge is 0.267 e. The predicted octanol–water partition coefficient (Wildman–Crippen LogP) is 6.09. The van der Waals surface area contributed by atoms with Crippen LogP contribution in [0.4, 0.5) is 0 Å². The standard InChI is InChI=1S/C27H27N3O3S/c1-27(2,3)21-11-7-20(8-12-21)17-28-29-26-30(18-23-6-5-15-33-23)25(31)24(34-26)16-19-9-13-22(32-4)14-10-19/h5-17H,18H2,1-4H3/b24-16-,28-17-,29-26+. The summed E-state index contributed by atoms with van der Waals surface area (Å²) in [6, 6.07) is 19.4. The first-order valence-electron chi connectivity index (χ1n) is 10.9. The molecule has 0 saturated carbocycles. The van der Waals surface area contributed by atoms with Crippen LogP contribution in [0.1, 0.15) is 43.2 Å². The van der Waals surface area contributed by atoms with E-state index in [1.165, 1.54) is 17.3 Å². The van der Waals surface area contributed by atoms with E-state index in [0.717, 1.165) is 16.9 Å². The van der Waals surface area contributed by atoms with Crippen LogP contribution < -0.4 is 4.74 Å². The Kier molecular flexibility index (Phi) is 7.03. The number of amides is 1. The molecule has 0 atom stereocenters. The molecule has 1 aliphatic rings. The number of thioether (sulfide) groups is 1. The average Bonchev–Trinajstić information content (AvgIpc) is 3.44. The zero-order valence-electron chi connectivity index (χ0n) is 19.7. The third-order valence-corrected chi connectivity index (χ3v) is 6.32. The van der Waals surface area contributed by atoms with Gasteiger partial charge < -0.3 is 9.15 Å². The van der Waals surface area contributed by atoms with Crippen LogP contribution in [-0.4, -0.2) is 29.3 Å². The van der Waals surface area contributed by atoms with Crippen molar-refractivity contribution in [1.29, 1.82) is 0 Å². The molecule has 1 aliphatic heterocycles. The highest BCUT2D eigenvalue weighted by Crippen LogP contribution is 2.34. The van der Waals surface area contributed by atoms with Crippen LogP contribution in [0.2, 0.25) is 0 Å². The molecule has 174 valence electrons. The van der Waals surface area contributed by atoms with Crippen molar-refractivity contribution >= 4 is 35.1 Å². The zero-order chi connectivity index (χ0) is 24.1. The number of nitrogens with zero attached hydrogens (tertiary/aromatic N) is 3. The molecule has 0 N–H and O–H groups in total. The number of methoxy groups -OCH3 is 1. The highest BCUT2D eigenvalue weighted by atomic mass is 32.2. The Morgan fingerprint density at radius 2 is 1.74 bits per heavy atom. The molecular formula is C27H27N3O3S. The van der Waals surface area contributed by atoms with Gasteiger partial charge in [0.2, 0.25) is 0 Å². The molecule has 2 heterocycles. The minimum Gasteiger partial charge on any atom is -0.497 e. The summed E-state index contributed by atoms with van der Waals surface area (Å²) in [6.07, 6.45) is 5.13. The summed E-state index contributed by atoms with van der Waals surface area (Å²) in [6.45, 7) is 6.83. The lowest BCUT2D eigenvalue weighted by Gasteiger charge is -2.18. The minimum atomic E-state index is -0.138. The van der Waals surface area contributed by atoms with Gasteiger partial charge in [-0.1, -0.05) is 57.2 Å². The van der Waals surface area contributed by atoms with Crippen LogP contribution in [0.5, 0.6) is 5.75 Å². The Morgan fingerprint density at radius 1 is 1.03 bits per heavy atom. The second-order valence-corrected chi connectivity index (χ2v) is 9.86. The fourth-order valence-electron chi connectivity index (χ4n) is 3.35. The number of hydrogen-bond acceptors (Lipinski definition) is 6. The molecule has 6 nitrogen and oxygen atoms in total. The Morgan fingerprint density at radius 3 is 2.35 bits per heavy atom. The molecule has 0 bridgehead atoms. The van der Waals surface area contributed by atoms with Gasteiger partial charge >= 0.3 is 0 Å². The van der Waals surface area contributed by atoms with Crippen LogP contribution in [0, 0.1) is 0 Å². The third-order valence-electron chi connectivity index (χ3n) is 5.32. The lowest BCUT2D eigenvalue weighted by Crippen LogP contribution is -2.28. The molecule has 1 fully saturated rings. The normalized spacial score (nSPS) is 16.8. The molecule has 1 aromatic heterocycles. The number of rotatable bonds is 6. The molecule has 1 saturated heterocycles. The maximum atomic E-state index is 13.2. The largest absolute Gasteiger partial charge is 0.497 e. The van der Waals surface area contributed by atoms with Gasteiger partial charge in [-0.05, 0) is 64.2 Å². The zero-order valence-corrected chi connectivity index (χ0v) is 20.5. The quantitative estimate of drug-likeness (QED) is 0.247. The molecule has 3 aromatic rings. The number of benzene rings is 2. The van der Waals surface area contributed by atoms with Gasteiger partial charge in [0, 0.05) is 0 Å². The second kappa shape index (κ2) is 10.1. The molecule has 4 rings (SSSR count). The van der Waals surface area contributed by atoms with Crippen molar-refractivity contribution in [2.45, 2.75) is 32.7 Å². The molecule has 0 spiro atoms. The van der Waals surface area contributed by atoms with Crippen molar-refractivity contribution in [3.05, 3.63) is 94.3 Å². The average molecular weight is 474 g/mol. The highest BCUT2D eigenvalue weighted by molar-refractivity contribution is 8.18. The summed E-state index contributed by atoms with van der Waals surface area (Å²) in [7, 11) is 1.62. The van der Waals surface area contributed by atoms with Gasteiger partial charge in [-0.25, -0.2) is 0 Å². The van der Waals surface area contributed by atoms with Crippen molar-refractivity contribution in [3.8, 4) is 5.75 Å². The number of carbonyl (C=O) groups is 1. The molecule has 34 heavy (non-hydrogen) atoms. The maximum Gasteiger partial charge on any atom is 0.267 e. The van der Waals surface area contributed by atoms with E-state index in [9.17, 15) is 4.79 Å². The van der Waals surface area contributed by atoms with Crippen LogP contribution in [0.25, 0.3) is 6.08 Å². The van der Waals surface area contributed by atoms with Crippen LogP contribution in [0.3, 0.4) is 0 Å². The topological polar surface area (TPSA) is 67.4 Å². The Bertz CT molecular complexity index is 1220. The van der Waals surface area contributed by atoms with Gasteiger partial charge in [-0.3, -0.25) is 9.69 Å².